The van der Waals surface area contributed by atoms with Crippen LogP contribution in [0.1, 0.15) is 60.3 Å². The minimum Gasteiger partial charge on any atom is -0.493 e. The highest BCUT2D eigenvalue weighted by Gasteiger charge is 2.23. The molecule has 9 heteroatoms. The van der Waals surface area contributed by atoms with Gasteiger partial charge in [0, 0.05) is 17.7 Å². The van der Waals surface area contributed by atoms with Crippen LogP contribution in [-0.2, 0) is 19.1 Å². The van der Waals surface area contributed by atoms with Crippen molar-refractivity contribution >= 4 is 39.5 Å². The van der Waals surface area contributed by atoms with Crippen LogP contribution in [0.15, 0.2) is 72.8 Å². The Bertz CT molecular complexity index is 1710. The van der Waals surface area contributed by atoms with Crippen molar-refractivity contribution in [1.82, 2.24) is 10.6 Å². The Morgan fingerprint density at radius 2 is 1.33 bits per heavy atom. The summed E-state index contributed by atoms with van der Waals surface area (Å²) in [5.74, 6) is 0.756. The summed E-state index contributed by atoms with van der Waals surface area (Å²) in [6.45, 7) is 10.4. The van der Waals surface area contributed by atoms with Gasteiger partial charge in [-0.1, -0.05) is 74.5 Å². The van der Waals surface area contributed by atoms with Gasteiger partial charge in [0.1, 0.15) is 23.1 Å². The van der Waals surface area contributed by atoms with Crippen molar-refractivity contribution in [2.45, 2.75) is 71.9 Å². The maximum absolute atomic E-state index is 13.2. The van der Waals surface area contributed by atoms with Crippen molar-refractivity contribution < 1.29 is 33.3 Å². The molecular formula is C39H48N2O7. The number of nitrogens with one attached hydrogen (secondary N) is 2. The zero-order valence-corrected chi connectivity index (χ0v) is 28.9. The Hall–Kier alpha value is -4.79. The van der Waals surface area contributed by atoms with Gasteiger partial charge in [-0.05, 0) is 86.1 Å². The number of carbonyl (C=O) groups is 3. The lowest BCUT2D eigenvalue weighted by atomic mass is 9.92. The quantitative estimate of drug-likeness (QED) is 0.0991. The molecule has 1 atom stereocenters. The van der Waals surface area contributed by atoms with Gasteiger partial charge in [0.15, 0.2) is 6.61 Å². The third kappa shape index (κ3) is 10.1. The number of unbranched alkanes of at least 4 members (excludes halogenated alkanes) is 1. The summed E-state index contributed by atoms with van der Waals surface area (Å²) >= 11 is 0. The van der Waals surface area contributed by atoms with Gasteiger partial charge < -0.3 is 29.6 Å². The number of esters is 1. The van der Waals surface area contributed by atoms with E-state index in [-0.39, 0.29) is 6.61 Å². The number of methoxy groups -OCH3 is 1. The Labute approximate surface area is 283 Å². The van der Waals surface area contributed by atoms with Crippen LogP contribution in [0.4, 0.5) is 4.79 Å². The SMILES string of the molecule is COC(=O)[C@@H](CCCCNC(=O)OC(C)(C)C)NC(=O)COc1ccc2ccccc2c1-c1c(OCCC(C)C)ccc2ccccc12. The molecule has 0 aliphatic carbocycles. The molecule has 0 saturated carbocycles. The van der Waals surface area contributed by atoms with E-state index < -0.39 is 29.6 Å². The first-order valence-electron chi connectivity index (χ1n) is 16.6. The van der Waals surface area contributed by atoms with Gasteiger partial charge in [0.05, 0.1) is 13.7 Å². The largest absolute Gasteiger partial charge is 0.493 e. The van der Waals surface area contributed by atoms with Crippen LogP contribution >= 0.6 is 0 Å². The summed E-state index contributed by atoms with van der Waals surface area (Å²) in [6, 6.07) is 23.3. The van der Waals surface area contributed by atoms with Gasteiger partial charge >= 0.3 is 12.1 Å². The monoisotopic (exact) mass is 656 g/mol. The minimum atomic E-state index is -0.859. The lowest BCUT2D eigenvalue weighted by molar-refractivity contribution is -0.145. The van der Waals surface area contributed by atoms with Gasteiger partial charge in [-0.25, -0.2) is 9.59 Å². The van der Waals surface area contributed by atoms with Crippen LogP contribution in [0.3, 0.4) is 0 Å². The molecule has 0 spiro atoms. The molecule has 0 heterocycles. The standard InChI is InChI=1S/C39H48N2O7/c1-26(2)22-24-46-32-20-18-27-13-7-9-15-29(27)35(32)36-30-16-10-8-14-28(30)19-21-33(36)47-25-34(42)41-31(37(43)45-6)17-11-12-23-40-38(44)48-39(3,4)5/h7-10,13-16,18-21,26,31H,11-12,17,22-25H2,1-6H3,(H,40,44)(H,41,42)/t31-/m1/s1. The number of hydrogen-bond donors (Lipinski definition) is 2. The molecule has 2 amide bonds. The second-order valence-corrected chi connectivity index (χ2v) is 13.2. The van der Waals surface area contributed by atoms with Gasteiger partial charge in [-0.15, -0.1) is 0 Å². The van der Waals surface area contributed by atoms with Crippen LogP contribution < -0.4 is 20.1 Å². The molecule has 2 N–H and O–H groups in total. The number of carbonyl (C=O) groups excluding carboxylic acids is 3. The van der Waals surface area contributed by atoms with Gasteiger partial charge in [0.25, 0.3) is 5.91 Å². The Morgan fingerprint density at radius 1 is 0.750 bits per heavy atom. The van der Waals surface area contributed by atoms with Crippen molar-refractivity contribution in [3.8, 4) is 22.6 Å². The predicted molar refractivity (Wildman–Crippen MR) is 189 cm³/mol. The molecule has 4 aromatic rings. The lowest BCUT2D eigenvalue weighted by Crippen LogP contribution is -2.43. The fourth-order valence-corrected chi connectivity index (χ4v) is 5.41. The molecule has 0 aliphatic heterocycles. The van der Waals surface area contributed by atoms with Crippen molar-refractivity contribution in [3.05, 3.63) is 72.8 Å². The zero-order valence-electron chi connectivity index (χ0n) is 28.9. The van der Waals surface area contributed by atoms with Crippen LogP contribution in [-0.4, -0.2) is 56.5 Å². The first-order chi connectivity index (χ1) is 23.0. The van der Waals surface area contributed by atoms with Crippen LogP contribution in [0, 0.1) is 5.92 Å². The van der Waals surface area contributed by atoms with Crippen LogP contribution in [0.2, 0.25) is 0 Å². The summed E-state index contributed by atoms with van der Waals surface area (Å²) in [6.07, 6.45) is 1.90. The Balaban J connectivity index is 1.53. The number of amides is 2. The highest BCUT2D eigenvalue weighted by molar-refractivity contribution is 6.09. The molecule has 0 radical (unpaired) electrons. The van der Waals surface area contributed by atoms with Gasteiger partial charge in [-0.2, -0.15) is 0 Å². The number of alkyl carbamates (subject to hydrolysis) is 1. The highest BCUT2D eigenvalue weighted by Crippen LogP contribution is 2.45. The third-order valence-electron chi connectivity index (χ3n) is 7.75. The van der Waals surface area contributed by atoms with Crippen molar-refractivity contribution in [2.75, 3.05) is 26.9 Å². The smallest absolute Gasteiger partial charge is 0.407 e. The van der Waals surface area contributed by atoms with E-state index in [2.05, 4.69) is 42.7 Å². The van der Waals surface area contributed by atoms with Crippen molar-refractivity contribution in [3.63, 3.8) is 0 Å². The van der Waals surface area contributed by atoms with Gasteiger partial charge in [-0.3, -0.25) is 4.79 Å². The average molecular weight is 657 g/mol. The van der Waals surface area contributed by atoms with E-state index in [1.807, 2.05) is 54.6 Å². The normalized spacial score (nSPS) is 12.1. The second-order valence-electron chi connectivity index (χ2n) is 13.2. The molecular weight excluding hydrogens is 608 g/mol. The molecule has 0 aliphatic rings. The maximum Gasteiger partial charge on any atom is 0.407 e. The number of benzene rings is 4. The molecule has 0 unspecified atom stereocenters. The van der Waals surface area contributed by atoms with E-state index in [1.165, 1.54) is 7.11 Å². The van der Waals surface area contributed by atoms with Gasteiger partial charge in [0.2, 0.25) is 0 Å². The molecule has 9 nitrogen and oxygen atoms in total. The minimum absolute atomic E-state index is 0.312. The maximum atomic E-state index is 13.2. The molecule has 0 aromatic heterocycles. The topological polar surface area (TPSA) is 112 Å². The van der Waals surface area contributed by atoms with E-state index in [9.17, 15) is 14.4 Å². The average Bonchev–Trinajstić information content (AvgIpc) is 3.05. The van der Waals surface area contributed by atoms with Crippen molar-refractivity contribution in [1.29, 1.82) is 0 Å². The molecule has 0 fully saturated rings. The zero-order chi connectivity index (χ0) is 34.7. The number of fused-ring (bicyclic) bond motifs is 2. The summed E-state index contributed by atoms with van der Waals surface area (Å²) < 4.78 is 22.9. The molecule has 0 saturated heterocycles. The summed E-state index contributed by atoms with van der Waals surface area (Å²) in [5.41, 5.74) is 1.15. The number of ether oxygens (including phenoxy) is 4. The molecule has 256 valence electrons. The first kappa shape index (κ1) is 36.1. The third-order valence-corrected chi connectivity index (χ3v) is 7.75. The second kappa shape index (κ2) is 16.9. The van der Waals surface area contributed by atoms with E-state index >= 15 is 0 Å². The number of hydrogen-bond acceptors (Lipinski definition) is 7. The molecule has 48 heavy (non-hydrogen) atoms. The highest BCUT2D eigenvalue weighted by atomic mass is 16.6. The lowest BCUT2D eigenvalue weighted by Gasteiger charge is -2.21. The Kier molecular flexibility index (Phi) is 12.7. The predicted octanol–water partition coefficient (Wildman–Crippen LogP) is 7.82. The summed E-state index contributed by atoms with van der Waals surface area (Å²) in [4.78, 5) is 37.7. The van der Waals surface area contributed by atoms with E-state index in [1.54, 1.807) is 20.8 Å². The first-order valence-corrected chi connectivity index (χ1v) is 16.6. The van der Waals surface area contributed by atoms with Crippen molar-refractivity contribution in [2.24, 2.45) is 5.92 Å². The van der Waals surface area contributed by atoms with E-state index in [0.717, 1.165) is 44.8 Å². The molecule has 4 rings (SSSR count). The van der Waals surface area contributed by atoms with E-state index in [4.69, 9.17) is 18.9 Å². The number of rotatable bonds is 15. The fraction of sp³-hybridized carbons (Fsp3) is 0.410. The summed E-state index contributed by atoms with van der Waals surface area (Å²) in [5, 5.41) is 9.53. The molecule has 4 aromatic carbocycles. The molecule has 0 bridgehead atoms. The van der Waals surface area contributed by atoms with E-state index in [0.29, 0.717) is 44.1 Å². The summed E-state index contributed by atoms with van der Waals surface area (Å²) in [7, 11) is 1.29. The van der Waals surface area contributed by atoms with Crippen LogP contribution in [0.5, 0.6) is 11.5 Å². The fourth-order valence-electron chi connectivity index (χ4n) is 5.41. The Morgan fingerprint density at radius 3 is 1.90 bits per heavy atom. The van der Waals surface area contributed by atoms with Crippen LogP contribution in [0.25, 0.3) is 32.7 Å².